The first kappa shape index (κ1) is 27.5. The van der Waals surface area contributed by atoms with Crippen LogP contribution in [0.5, 0.6) is 0 Å². The zero-order valence-electron chi connectivity index (χ0n) is 22.7. The molecular formula is C30H32N6O3S. The lowest BCUT2D eigenvalue weighted by Crippen LogP contribution is -2.55. The molecule has 2 amide bonds. The van der Waals surface area contributed by atoms with Crippen molar-refractivity contribution in [2.75, 3.05) is 6.54 Å². The highest BCUT2D eigenvalue weighted by Gasteiger charge is 2.45. The number of amidine groups is 1. The standard InChI is InChI=1S/C30H32N6O3S/c1-18(2)26(36-15-22-7-5-6-8-24(22)29(36)38)30(39)35-16-23(37)13-25(35)28(34-31-4)32-14-20-9-11-21(12-10-20)27-19(3)33-17-40-27/h5-12,17-18,23,25-26,37H,13-16H2,1-3H3,(H,32,34)/t23-,25+,26+/m1/s1. The van der Waals surface area contributed by atoms with Gasteiger partial charge in [0.05, 0.1) is 34.8 Å². The predicted molar refractivity (Wildman–Crippen MR) is 154 cm³/mol. The number of aliphatic imine (C=N–C) groups is 1. The normalized spacial score (nSPS) is 19.6. The van der Waals surface area contributed by atoms with E-state index < -0.39 is 18.2 Å². The fourth-order valence-electron chi connectivity index (χ4n) is 5.56. The maximum Gasteiger partial charge on any atom is 0.255 e. The van der Waals surface area contributed by atoms with Gasteiger partial charge in [-0.3, -0.25) is 14.6 Å². The summed E-state index contributed by atoms with van der Waals surface area (Å²) in [6.07, 6.45) is -0.497. The monoisotopic (exact) mass is 556 g/mol. The van der Waals surface area contributed by atoms with Crippen LogP contribution in [-0.2, 0) is 17.9 Å². The van der Waals surface area contributed by atoms with Crippen molar-refractivity contribution in [3.8, 4) is 10.4 Å². The van der Waals surface area contributed by atoms with Gasteiger partial charge in [-0.05, 0) is 35.6 Å². The van der Waals surface area contributed by atoms with Crippen LogP contribution in [0, 0.1) is 19.4 Å². The first-order valence-corrected chi connectivity index (χ1v) is 14.2. The average molecular weight is 557 g/mol. The summed E-state index contributed by atoms with van der Waals surface area (Å²) in [5, 5.41) is 10.6. The Hall–Kier alpha value is -4.07. The zero-order valence-corrected chi connectivity index (χ0v) is 23.6. The predicted octanol–water partition coefficient (Wildman–Crippen LogP) is 4.08. The van der Waals surface area contributed by atoms with Crippen LogP contribution in [0.4, 0.5) is 0 Å². The highest BCUT2D eigenvalue weighted by molar-refractivity contribution is 7.13. The fraction of sp³-hybridized carbons (Fsp3) is 0.367. The third-order valence-corrected chi connectivity index (χ3v) is 8.49. The Morgan fingerprint density at radius 2 is 2.00 bits per heavy atom. The summed E-state index contributed by atoms with van der Waals surface area (Å²) in [7, 11) is 0. The van der Waals surface area contributed by atoms with Gasteiger partial charge in [-0.2, -0.15) is 11.5 Å². The minimum atomic E-state index is -0.757. The molecule has 2 aliphatic rings. The maximum absolute atomic E-state index is 14.0. The van der Waals surface area contributed by atoms with Gasteiger partial charge < -0.3 is 14.9 Å². The number of benzene rings is 2. The Labute approximate surface area is 238 Å². The molecule has 10 heteroatoms. The van der Waals surface area contributed by atoms with Crippen LogP contribution >= 0.6 is 11.3 Å². The molecule has 0 spiro atoms. The number of fused-ring (bicyclic) bond motifs is 1. The molecule has 1 aromatic heterocycles. The largest absolute Gasteiger partial charge is 0.391 e. The van der Waals surface area contributed by atoms with E-state index in [4.69, 9.17) is 6.57 Å². The summed E-state index contributed by atoms with van der Waals surface area (Å²) in [5.41, 5.74) is 9.02. The number of rotatable bonds is 7. The minimum absolute atomic E-state index is 0.114. The number of aliphatic hydroxyl groups is 1. The van der Waals surface area contributed by atoms with Gasteiger partial charge in [0.1, 0.15) is 6.04 Å². The first-order chi connectivity index (χ1) is 19.3. The van der Waals surface area contributed by atoms with Crippen molar-refractivity contribution in [1.82, 2.24) is 20.2 Å². The summed E-state index contributed by atoms with van der Waals surface area (Å²) in [6.45, 7) is 14.0. The number of aryl methyl sites for hydroxylation is 1. The summed E-state index contributed by atoms with van der Waals surface area (Å²) in [4.78, 5) is 44.0. The van der Waals surface area contributed by atoms with E-state index in [0.29, 0.717) is 24.5 Å². The molecule has 206 valence electrons. The van der Waals surface area contributed by atoms with Gasteiger partial charge in [0, 0.05) is 25.1 Å². The van der Waals surface area contributed by atoms with E-state index in [1.165, 1.54) is 0 Å². The molecule has 1 fully saturated rings. The number of aliphatic hydroxyl groups excluding tert-OH is 1. The van der Waals surface area contributed by atoms with Crippen molar-refractivity contribution in [1.29, 1.82) is 0 Å². The quantitative estimate of drug-likeness (QED) is 0.198. The minimum Gasteiger partial charge on any atom is -0.391 e. The van der Waals surface area contributed by atoms with Crippen molar-refractivity contribution >= 4 is 29.0 Å². The fourth-order valence-corrected chi connectivity index (χ4v) is 6.37. The third kappa shape index (κ3) is 5.35. The molecular weight excluding hydrogens is 524 g/mol. The van der Waals surface area contributed by atoms with Gasteiger partial charge in [0.2, 0.25) is 5.91 Å². The van der Waals surface area contributed by atoms with Gasteiger partial charge in [-0.1, -0.05) is 61.7 Å². The van der Waals surface area contributed by atoms with E-state index in [1.54, 1.807) is 27.2 Å². The lowest BCUT2D eigenvalue weighted by atomic mass is 10.00. The molecule has 3 heterocycles. The number of likely N-dealkylation sites (tertiary alicyclic amines) is 1. The van der Waals surface area contributed by atoms with Crippen LogP contribution in [-0.4, -0.2) is 62.3 Å². The van der Waals surface area contributed by atoms with Crippen molar-refractivity contribution in [2.24, 2.45) is 10.9 Å². The molecule has 0 aliphatic carbocycles. The lowest BCUT2D eigenvalue weighted by Gasteiger charge is -2.35. The van der Waals surface area contributed by atoms with Crippen LogP contribution in [0.1, 0.15) is 47.4 Å². The Kier molecular flexibility index (Phi) is 7.96. The number of nitrogens with one attached hydrogen (secondary N) is 1. The summed E-state index contributed by atoms with van der Waals surface area (Å²) < 4.78 is 0. The second-order valence-electron chi connectivity index (χ2n) is 10.6. The van der Waals surface area contributed by atoms with Crippen LogP contribution in [0.15, 0.2) is 59.0 Å². The second kappa shape index (κ2) is 11.6. The molecule has 2 aromatic carbocycles. The highest BCUT2D eigenvalue weighted by Crippen LogP contribution is 2.31. The van der Waals surface area contributed by atoms with Gasteiger partial charge in [-0.15, -0.1) is 11.3 Å². The van der Waals surface area contributed by atoms with E-state index in [1.807, 2.05) is 68.7 Å². The van der Waals surface area contributed by atoms with Crippen molar-refractivity contribution in [3.05, 3.63) is 88.0 Å². The van der Waals surface area contributed by atoms with Gasteiger partial charge in [-0.25, -0.2) is 4.98 Å². The number of amides is 2. The SMILES string of the molecule is [C-]#[N+]NC(=NCc1ccc(-c2scnc2C)cc1)[C@@H]1C[C@@H](O)CN1C(=O)[C@H](C(C)C)N1Cc2ccccc2C1=O. The average Bonchev–Trinajstić information content (AvgIpc) is 3.64. The molecule has 0 bridgehead atoms. The van der Waals surface area contributed by atoms with E-state index in [9.17, 15) is 14.7 Å². The van der Waals surface area contributed by atoms with Crippen molar-refractivity contribution in [2.45, 2.75) is 58.5 Å². The topological polar surface area (TPSA) is 102 Å². The summed E-state index contributed by atoms with van der Waals surface area (Å²) >= 11 is 1.60. The van der Waals surface area contributed by atoms with Gasteiger partial charge in [0.25, 0.3) is 5.91 Å². The van der Waals surface area contributed by atoms with Gasteiger partial charge in [0.15, 0.2) is 5.84 Å². The highest BCUT2D eigenvalue weighted by atomic mass is 32.1. The number of hydrogen-bond acceptors (Lipinski definition) is 6. The number of carbonyl (C=O) groups is 2. The number of carbonyl (C=O) groups excluding carboxylic acids is 2. The van der Waals surface area contributed by atoms with E-state index >= 15 is 0 Å². The third-order valence-electron chi connectivity index (χ3n) is 7.51. The maximum atomic E-state index is 14.0. The number of nitrogens with zero attached hydrogens (tertiary/aromatic N) is 5. The molecule has 2 aliphatic heterocycles. The molecule has 9 nitrogen and oxygen atoms in total. The Balaban J connectivity index is 1.37. The van der Waals surface area contributed by atoms with Crippen LogP contribution < -0.4 is 5.43 Å². The molecule has 0 unspecified atom stereocenters. The molecule has 0 saturated carbocycles. The number of hydrogen-bond donors (Lipinski definition) is 2. The Bertz CT molecular complexity index is 1480. The van der Waals surface area contributed by atoms with E-state index in [2.05, 4.69) is 20.4 Å². The number of aromatic nitrogens is 1. The Morgan fingerprint density at radius 1 is 1.25 bits per heavy atom. The smallest absolute Gasteiger partial charge is 0.255 e. The van der Waals surface area contributed by atoms with Crippen molar-refractivity contribution < 1.29 is 14.7 Å². The van der Waals surface area contributed by atoms with Crippen LogP contribution in [0.2, 0.25) is 0 Å². The molecule has 3 aromatic rings. The molecule has 1 saturated heterocycles. The van der Waals surface area contributed by atoms with Crippen molar-refractivity contribution in [3.63, 3.8) is 0 Å². The molecule has 5 rings (SSSR count). The summed E-state index contributed by atoms with van der Waals surface area (Å²) in [6, 6.07) is 14.2. The van der Waals surface area contributed by atoms with E-state index in [0.717, 1.165) is 27.3 Å². The molecule has 3 atom stereocenters. The van der Waals surface area contributed by atoms with Crippen LogP contribution in [0.3, 0.4) is 0 Å². The Morgan fingerprint density at radius 3 is 2.65 bits per heavy atom. The lowest BCUT2D eigenvalue weighted by molar-refractivity contribution is -0.138. The molecule has 0 radical (unpaired) electrons. The molecule has 2 N–H and O–H groups in total. The molecule has 40 heavy (non-hydrogen) atoms. The second-order valence-corrected chi connectivity index (χ2v) is 11.4. The number of β-amino-alcohol motifs (C(OH)–C–C–N with tert-alkyl or cyclic N) is 1. The summed E-state index contributed by atoms with van der Waals surface area (Å²) in [5.74, 6) is -0.231. The first-order valence-electron chi connectivity index (χ1n) is 13.3. The number of thiazole rings is 1. The zero-order chi connectivity index (χ0) is 28.4. The van der Waals surface area contributed by atoms with E-state index in [-0.39, 0.29) is 30.7 Å². The van der Waals surface area contributed by atoms with Crippen LogP contribution in [0.25, 0.3) is 15.4 Å². The van der Waals surface area contributed by atoms with Gasteiger partial charge >= 0.3 is 0 Å².